The van der Waals surface area contributed by atoms with Crippen molar-refractivity contribution in [1.82, 2.24) is 5.32 Å². The number of carbonyl (C=O) groups is 1. The molecule has 1 N–H and O–H groups in total. The van der Waals surface area contributed by atoms with Crippen LogP contribution in [0.4, 0.5) is 0 Å². The number of nitrogens with one attached hydrogen (secondary N) is 1. The molecule has 0 amide bonds. The average molecular weight is 299 g/mol. The molecule has 0 aromatic rings. The molecule has 21 heavy (non-hydrogen) atoms. The molecule has 0 heterocycles. The quantitative estimate of drug-likeness (QED) is 0.576. The summed E-state index contributed by atoms with van der Waals surface area (Å²) in [7, 11) is 1.46. The van der Waals surface area contributed by atoms with Crippen molar-refractivity contribution in [2.75, 3.05) is 20.3 Å². The van der Waals surface area contributed by atoms with E-state index in [-0.39, 0.29) is 17.7 Å². The Kier molecular flexibility index (Phi) is 5.28. The minimum Gasteiger partial charge on any atom is -0.468 e. The Balaban J connectivity index is 1.78. The van der Waals surface area contributed by atoms with E-state index in [0.29, 0.717) is 25.7 Å². The second-order valence-electron chi connectivity index (χ2n) is 7.19. The third-order valence-corrected chi connectivity index (χ3v) is 4.08. The molecule has 2 atom stereocenters. The van der Waals surface area contributed by atoms with Crippen LogP contribution in [0.1, 0.15) is 52.9 Å². The summed E-state index contributed by atoms with van der Waals surface area (Å²) in [5.41, 5.74) is -0.673. The van der Waals surface area contributed by atoms with Gasteiger partial charge >= 0.3 is 5.97 Å². The van der Waals surface area contributed by atoms with Gasteiger partial charge in [-0.15, -0.1) is 0 Å². The van der Waals surface area contributed by atoms with Crippen LogP contribution in [0.15, 0.2) is 0 Å². The normalized spacial score (nSPS) is 29.6. The van der Waals surface area contributed by atoms with E-state index in [9.17, 15) is 4.79 Å². The van der Waals surface area contributed by atoms with Crippen LogP contribution in [0.3, 0.4) is 0 Å². The molecule has 0 aromatic carbocycles. The van der Waals surface area contributed by atoms with Crippen molar-refractivity contribution in [2.45, 2.75) is 76.2 Å². The Morgan fingerprint density at radius 2 is 1.95 bits per heavy atom. The highest BCUT2D eigenvalue weighted by atomic mass is 16.5. The molecule has 0 saturated heterocycles. The van der Waals surface area contributed by atoms with E-state index in [1.165, 1.54) is 7.11 Å². The minimum atomic E-state index is -0.536. The topological polar surface area (TPSA) is 56.8 Å². The predicted octanol–water partition coefficient (Wildman–Crippen LogP) is 2.03. The number of rotatable bonds is 7. The number of hydrogen-bond donors (Lipinski definition) is 1. The largest absolute Gasteiger partial charge is 0.468 e. The Morgan fingerprint density at radius 1 is 1.24 bits per heavy atom. The highest BCUT2D eigenvalue weighted by Gasteiger charge is 2.49. The van der Waals surface area contributed by atoms with Gasteiger partial charge in [-0.1, -0.05) is 0 Å². The summed E-state index contributed by atoms with van der Waals surface area (Å²) in [5.74, 6) is -0.147. The third kappa shape index (κ3) is 4.94. The number of carbonyl (C=O) groups excluding carboxylic acids is 1. The molecule has 2 unspecified atom stereocenters. The van der Waals surface area contributed by atoms with Crippen molar-refractivity contribution >= 4 is 5.97 Å². The van der Waals surface area contributed by atoms with Crippen molar-refractivity contribution < 1.29 is 19.0 Å². The van der Waals surface area contributed by atoms with Crippen LogP contribution >= 0.6 is 0 Å². The molecular weight excluding hydrogens is 270 g/mol. The van der Waals surface area contributed by atoms with Crippen molar-refractivity contribution in [2.24, 2.45) is 0 Å². The van der Waals surface area contributed by atoms with Gasteiger partial charge in [0.1, 0.15) is 5.54 Å². The van der Waals surface area contributed by atoms with Crippen LogP contribution in [-0.2, 0) is 19.0 Å². The van der Waals surface area contributed by atoms with Crippen LogP contribution in [0, 0.1) is 0 Å². The molecule has 2 saturated carbocycles. The fraction of sp³-hybridized carbons (Fsp3) is 0.938. The minimum absolute atomic E-state index is 0.110. The molecule has 0 aliphatic heterocycles. The van der Waals surface area contributed by atoms with Crippen LogP contribution in [0.25, 0.3) is 0 Å². The summed E-state index contributed by atoms with van der Waals surface area (Å²) >= 11 is 0. The van der Waals surface area contributed by atoms with Gasteiger partial charge in [-0.25, -0.2) is 0 Å². The van der Waals surface area contributed by atoms with Crippen molar-refractivity contribution in [3.05, 3.63) is 0 Å². The fourth-order valence-electron chi connectivity index (χ4n) is 2.89. The fourth-order valence-corrected chi connectivity index (χ4v) is 2.89. The zero-order valence-corrected chi connectivity index (χ0v) is 13.7. The number of ether oxygens (including phenoxy) is 3. The Labute approximate surface area is 127 Å². The maximum atomic E-state index is 12.1. The van der Waals surface area contributed by atoms with Gasteiger partial charge in [0.2, 0.25) is 0 Å². The third-order valence-electron chi connectivity index (χ3n) is 4.08. The van der Waals surface area contributed by atoms with Gasteiger partial charge in [0.25, 0.3) is 0 Å². The van der Waals surface area contributed by atoms with Gasteiger partial charge in [0.05, 0.1) is 32.0 Å². The van der Waals surface area contributed by atoms with E-state index in [2.05, 4.69) is 5.32 Å². The van der Waals surface area contributed by atoms with Gasteiger partial charge in [-0.2, -0.15) is 0 Å². The van der Waals surface area contributed by atoms with E-state index in [1.54, 1.807) is 0 Å². The number of hydrogen-bond acceptors (Lipinski definition) is 5. The van der Waals surface area contributed by atoms with Crippen LogP contribution in [-0.4, -0.2) is 49.6 Å². The molecule has 2 aliphatic rings. The molecule has 2 aliphatic carbocycles. The smallest absolute Gasteiger partial charge is 0.326 e. The van der Waals surface area contributed by atoms with Crippen molar-refractivity contribution in [3.63, 3.8) is 0 Å². The average Bonchev–Trinajstić information content (AvgIpc) is 3.12. The highest BCUT2D eigenvalue weighted by Crippen LogP contribution is 2.36. The predicted molar refractivity (Wildman–Crippen MR) is 80.2 cm³/mol. The van der Waals surface area contributed by atoms with Crippen LogP contribution in [0.5, 0.6) is 0 Å². The van der Waals surface area contributed by atoms with Crippen molar-refractivity contribution in [1.29, 1.82) is 0 Å². The summed E-state index contributed by atoms with van der Waals surface area (Å²) in [6.07, 6.45) is 4.81. The van der Waals surface area contributed by atoms with Gasteiger partial charge in [0, 0.05) is 12.5 Å². The van der Waals surface area contributed by atoms with E-state index >= 15 is 0 Å². The van der Waals surface area contributed by atoms with E-state index in [0.717, 1.165) is 25.7 Å². The first kappa shape index (κ1) is 16.7. The molecule has 0 aromatic heterocycles. The highest BCUT2D eigenvalue weighted by molar-refractivity contribution is 5.81. The van der Waals surface area contributed by atoms with E-state index in [4.69, 9.17) is 14.2 Å². The Hall–Kier alpha value is -0.650. The summed E-state index contributed by atoms with van der Waals surface area (Å²) in [4.78, 5) is 12.1. The SMILES string of the molecule is COC(=O)C1(NC2CC2)CCC(OCCOC(C)(C)C)C1. The lowest BCUT2D eigenvalue weighted by molar-refractivity contribution is -0.149. The molecule has 5 heteroatoms. The molecule has 0 radical (unpaired) electrons. The second-order valence-corrected chi connectivity index (χ2v) is 7.19. The molecule has 0 bridgehead atoms. The first-order chi connectivity index (χ1) is 9.85. The van der Waals surface area contributed by atoms with Crippen molar-refractivity contribution in [3.8, 4) is 0 Å². The van der Waals surface area contributed by atoms with Crippen LogP contribution < -0.4 is 5.32 Å². The first-order valence-corrected chi connectivity index (χ1v) is 7.96. The molecule has 0 spiro atoms. The second kappa shape index (κ2) is 6.63. The number of esters is 1. The monoisotopic (exact) mass is 299 g/mol. The standard InChI is InChI=1S/C16H29NO4/c1-15(2,3)21-10-9-20-13-7-8-16(11-13,14(18)19-4)17-12-5-6-12/h12-13,17H,5-11H2,1-4H3. The van der Waals surface area contributed by atoms with Gasteiger partial charge in [-0.3, -0.25) is 10.1 Å². The molecule has 5 nitrogen and oxygen atoms in total. The lowest BCUT2D eigenvalue weighted by atomic mass is 9.97. The molecule has 2 fully saturated rings. The zero-order chi connectivity index (χ0) is 15.5. The summed E-state index contributed by atoms with van der Waals surface area (Å²) in [6, 6.07) is 0.479. The lowest BCUT2D eigenvalue weighted by Gasteiger charge is -2.28. The zero-order valence-electron chi connectivity index (χ0n) is 13.7. The molecular formula is C16H29NO4. The Morgan fingerprint density at radius 3 is 2.52 bits per heavy atom. The first-order valence-electron chi connectivity index (χ1n) is 7.96. The summed E-state index contributed by atoms with van der Waals surface area (Å²) in [6.45, 7) is 7.25. The lowest BCUT2D eigenvalue weighted by Crippen LogP contribution is -2.52. The maximum Gasteiger partial charge on any atom is 0.326 e. The number of methoxy groups -OCH3 is 1. The van der Waals surface area contributed by atoms with Gasteiger partial charge < -0.3 is 14.2 Å². The Bertz CT molecular complexity index is 362. The summed E-state index contributed by atoms with van der Waals surface area (Å²) in [5, 5.41) is 3.48. The maximum absolute atomic E-state index is 12.1. The van der Waals surface area contributed by atoms with Gasteiger partial charge in [-0.05, 0) is 46.5 Å². The van der Waals surface area contributed by atoms with E-state index in [1.807, 2.05) is 20.8 Å². The van der Waals surface area contributed by atoms with E-state index < -0.39 is 5.54 Å². The molecule has 2 rings (SSSR count). The summed E-state index contributed by atoms with van der Waals surface area (Å²) < 4.78 is 16.5. The molecule has 122 valence electrons. The van der Waals surface area contributed by atoms with Gasteiger partial charge in [0.15, 0.2) is 0 Å². The van der Waals surface area contributed by atoms with Crippen LogP contribution in [0.2, 0.25) is 0 Å².